The Balaban J connectivity index is 1.49. The molecule has 0 amide bonds. The number of anilines is 1. The summed E-state index contributed by atoms with van der Waals surface area (Å²) >= 11 is 0. The Kier molecular flexibility index (Phi) is 9.60. The van der Waals surface area contributed by atoms with Crippen LogP contribution in [0.4, 0.5) is 10.2 Å². The molecule has 0 bridgehead atoms. The average molecular weight is 595 g/mol. The first-order chi connectivity index (χ1) is 19.5. The van der Waals surface area contributed by atoms with Crippen LogP contribution in [-0.4, -0.2) is 61.6 Å². The molecule has 0 unspecified atom stereocenters. The molecule has 5 atom stereocenters. The van der Waals surface area contributed by atoms with Gasteiger partial charge in [0.2, 0.25) is 0 Å². The Labute approximate surface area is 237 Å². The van der Waals surface area contributed by atoms with E-state index in [1.54, 1.807) is 37.3 Å². The van der Waals surface area contributed by atoms with Gasteiger partial charge in [-0.1, -0.05) is 44.9 Å². The number of carbonyl (C=O) groups is 1. The molecule has 1 fully saturated rings. The number of esters is 1. The van der Waals surface area contributed by atoms with Crippen LogP contribution in [0.15, 0.2) is 36.7 Å². The molecule has 0 radical (unpaired) electrons. The molecule has 0 saturated carbocycles. The maximum absolute atomic E-state index is 13.9. The van der Waals surface area contributed by atoms with E-state index in [0.29, 0.717) is 0 Å². The molecule has 4 N–H and O–H groups in total. The fourth-order valence-electron chi connectivity index (χ4n) is 4.36. The lowest BCUT2D eigenvalue weighted by molar-refractivity contribution is -0.146. The number of carbonyl (C=O) groups excluding carboxylic acids is 1. The molecule has 1 aliphatic rings. The van der Waals surface area contributed by atoms with Crippen molar-refractivity contribution in [3.63, 3.8) is 0 Å². The monoisotopic (exact) mass is 594 g/mol. The van der Waals surface area contributed by atoms with Gasteiger partial charge in [0.1, 0.15) is 23.6 Å². The summed E-state index contributed by atoms with van der Waals surface area (Å²) in [5, 5.41) is 13.6. The summed E-state index contributed by atoms with van der Waals surface area (Å²) in [5.41, 5.74) is 4.66. The van der Waals surface area contributed by atoms with Crippen molar-refractivity contribution >= 4 is 30.7 Å². The number of fused-ring (bicyclic) bond motifs is 1. The van der Waals surface area contributed by atoms with E-state index in [1.807, 2.05) is 13.8 Å². The number of aliphatic hydroxyl groups is 1. The van der Waals surface area contributed by atoms with Crippen molar-refractivity contribution in [2.24, 2.45) is 5.92 Å². The Morgan fingerprint density at radius 2 is 2.02 bits per heavy atom. The molecule has 3 heterocycles. The molecule has 1 saturated heterocycles. The first-order valence-corrected chi connectivity index (χ1v) is 15.0. The van der Waals surface area contributed by atoms with E-state index in [-0.39, 0.29) is 41.7 Å². The molecule has 2 aromatic heterocycles. The zero-order valence-corrected chi connectivity index (χ0v) is 24.3. The van der Waals surface area contributed by atoms with Crippen LogP contribution in [0.1, 0.15) is 53.2 Å². The first kappa shape index (κ1) is 30.8. The second-order valence-electron chi connectivity index (χ2n) is 10.2. The highest BCUT2D eigenvalue weighted by Crippen LogP contribution is 2.48. The fourth-order valence-corrected chi connectivity index (χ4v) is 5.95. The number of nitrogens with zero attached hydrogens (tertiary/aromatic N) is 4. The molecule has 1 aromatic carbocycles. The van der Waals surface area contributed by atoms with Crippen LogP contribution in [-0.2, 0) is 23.4 Å². The van der Waals surface area contributed by atoms with Gasteiger partial charge in [0.05, 0.1) is 25.6 Å². The number of hydrogen-bond donors (Lipinski definition) is 3. The highest BCUT2D eigenvalue weighted by Gasteiger charge is 2.48. The molecule has 224 valence electrons. The van der Waals surface area contributed by atoms with Crippen molar-refractivity contribution in [2.75, 3.05) is 18.9 Å². The van der Waals surface area contributed by atoms with Gasteiger partial charge in [0.15, 0.2) is 17.0 Å². The van der Waals surface area contributed by atoms with E-state index in [4.69, 9.17) is 24.3 Å². The molecule has 0 spiro atoms. The minimum Gasteiger partial charge on any atom is -0.464 e. The normalized spacial score (nSPS) is 23.0. The number of rotatable bonds is 13. The van der Waals surface area contributed by atoms with Gasteiger partial charge in [-0.05, 0) is 31.9 Å². The van der Waals surface area contributed by atoms with Gasteiger partial charge < -0.3 is 24.8 Å². The van der Waals surface area contributed by atoms with Crippen LogP contribution in [0.3, 0.4) is 0 Å². The molecular weight excluding hydrogens is 558 g/mol. The summed E-state index contributed by atoms with van der Waals surface area (Å²) in [6.45, 7) is 6.94. The van der Waals surface area contributed by atoms with Crippen LogP contribution in [0.5, 0.6) is 5.75 Å². The molecule has 41 heavy (non-hydrogen) atoms. The van der Waals surface area contributed by atoms with Crippen molar-refractivity contribution < 1.29 is 37.4 Å². The minimum absolute atomic E-state index is 0.0624. The zero-order valence-electron chi connectivity index (χ0n) is 23.4. The minimum atomic E-state index is -4.21. The SMILES string of the molecule is CCC(CC)COC(=O)[C@H](C)N[P@](=O)(OC[C@@]1(C)O[C@@H](n2cnc3c(N)nc(F)nc32)C[C@@H]1O)Oc1ccccc1. The Bertz CT molecular complexity index is 1390. The molecular formula is C26H36FN6O7P. The van der Waals surface area contributed by atoms with E-state index in [9.17, 15) is 18.9 Å². The van der Waals surface area contributed by atoms with Crippen molar-refractivity contribution in [1.82, 2.24) is 24.6 Å². The smallest absolute Gasteiger partial charge is 0.459 e. The number of nitrogens with one attached hydrogen (secondary N) is 1. The van der Waals surface area contributed by atoms with Gasteiger partial charge in [-0.2, -0.15) is 19.4 Å². The van der Waals surface area contributed by atoms with Gasteiger partial charge in [-0.15, -0.1) is 0 Å². The summed E-state index contributed by atoms with van der Waals surface area (Å²) in [5.74, 6) is -0.286. The maximum atomic E-state index is 13.9. The largest absolute Gasteiger partial charge is 0.464 e. The maximum Gasteiger partial charge on any atom is 0.459 e. The van der Waals surface area contributed by atoms with E-state index in [2.05, 4.69) is 20.0 Å². The molecule has 1 aliphatic heterocycles. The van der Waals surface area contributed by atoms with Gasteiger partial charge in [-0.3, -0.25) is 13.9 Å². The van der Waals surface area contributed by atoms with Crippen LogP contribution in [0.25, 0.3) is 11.2 Å². The molecule has 15 heteroatoms. The van der Waals surface area contributed by atoms with E-state index in [1.165, 1.54) is 17.8 Å². The van der Waals surface area contributed by atoms with Crippen molar-refractivity contribution in [3.05, 3.63) is 42.7 Å². The number of hydrogen-bond acceptors (Lipinski definition) is 11. The summed E-state index contributed by atoms with van der Waals surface area (Å²) in [4.78, 5) is 24.0. The number of nitrogen functional groups attached to an aromatic ring is 1. The number of nitrogens with two attached hydrogens (primary N) is 1. The highest BCUT2D eigenvalue weighted by molar-refractivity contribution is 7.52. The van der Waals surface area contributed by atoms with Crippen LogP contribution in [0.2, 0.25) is 0 Å². The Hall–Kier alpha value is -3.16. The predicted octanol–water partition coefficient (Wildman–Crippen LogP) is 3.75. The van der Waals surface area contributed by atoms with Crippen molar-refractivity contribution in [1.29, 1.82) is 0 Å². The van der Waals surface area contributed by atoms with Crippen molar-refractivity contribution in [3.8, 4) is 5.75 Å². The summed E-state index contributed by atoms with van der Waals surface area (Å²) in [7, 11) is -4.21. The summed E-state index contributed by atoms with van der Waals surface area (Å²) in [6.07, 6.45) is 0.192. The molecule has 4 rings (SSSR count). The molecule has 3 aromatic rings. The molecule has 0 aliphatic carbocycles. The number of aromatic nitrogens is 4. The second kappa shape index (κ2) is 12.8. The van der Waals surface area contributed by atoms with Gasteiger partial charge in [0, 0.05) is 6.42 Å². The number of imidazole rings is 1. The second-order valence-corrected chi connectivity index (χ2v) is 11.9. The zero-order chi connectivity index (χ0) is 29.8. The third-order valence-corrected chi connectivity index (χ3v) is 8.70. The summed E-state index contributed by atoms with van der Waals surface area (Å²) < 4.78 is 52.2. The van der Waals surface area contributed by atoms with E-state index < -0.39 is 50.4 Å². The summed E-state index contributed by atoms with van der Waals surface area (Å²) in [6, 6.07) is 7.28. The number of aliphatic hydroxyl groups excluding tert-OH is 1. The van der Waals surface area contributed by atoms with Gasteiger partial charge in [-0.25, -0.2) is 9.55 Å². The lowest BCUT2D eigenvalue weighted by atomic mass is 10.0. The number of benzene rings is 1. The Morgan fingerprint density at radius 1 is 1.32 bits per heavy atom. The average Bonchev–Trinajstić information content (AvgIpc) is 3.49. The van der Waals surface area contributed by atoms with Gasteiger partial charge in [0.25, 0.3) is 0 Å². The third-order valence-electron chi connectivity index (χ3n) is 7.08. The fraction of sp³-hybridized carbons (Fsp3) is 0.538. The topological polar surface area (TPSA) is 173 Å². The number of halogens is 1. The number of para-hydroxylation sites is 1. The van der Waals surface area contributed by atoms with Crippen molar-refractivity contribution in [2.45, 2.75) is 70.9 Å². The quantitative estimate of drug-likeness (QED) is 0.149. The van der Waals surface area contributed by atoms with Crippen LogP contribution < -0.4 is 15.3 Å². The standard InChI is InChI=1S/C26H36FN6O7P/c1-5-17(6-2)13-37-24(35)16(3)32-41(36,40-18-10-8-7-9-11-18)38-14-26(4)19(34)12-20(39-26)33-15-29-21-22(28)30-25(27)31-23(21)33/h7-11,15-17,19-20,34H,5-6,12-14H2,1-4H3,(H,32,36)(H2,28,30,31)/t16-,19-,20+,26+,41-/m0/s1. The van der Waals surface area contributed by atoms with E-state index in [0.717, 1.165) is 12.8 Å². The van der Waals surface area contributed by atoms with Crippen LogP contribution in [0, 0.1) is 12.0 Å². The lowest BCUT2D eigenvalue weighted by Gasteiger charge is -2.30. The van der Waals surface area contributed by atoms with E-state index >= 15 is 0 Å². The van der Waals surface area contributed by atoms with Crippen LogP contribution >= 0.6 is 7.75 Å². The predicted molar refractivity (Wildman–Crippen MR) is 147 cm³/mol. The van der Waals surface area contributed by atoms with Gasteiger partial charge >= 0.3 is 19.8 Å². The molecule has 13 nitrogen and oxygen atoms in total. The first-order valence-electron chi connectivity index (χ1n) is 13.4. The highest BCUT2D eigenvalue weighted by atomic mass is 31.2. The number of ether oxygens (including phenoxy) is 2. The third kappa shape index (κ3) is 7.19. The Morgan fingerprint density at radius 3 is 2.71 bits per heavy atom. The lowest BCUT2D eigenvalue weighted by Crippen LogP contribution is -2.42.